The molecule has 0 saturated heterocycles. The van der Waals surface area contributed by atoms with E-state index in [-0.39, 0.29) is 17.3 Å². The van der Waals surface area contributed by atoms with Crippen LogP contribution in [0, 0.1) is 17.6 Å². The SMILES string of the molecule is CCCCOc1ccc2c(ccc3c(F)c(OCC4CCCC4)ccc32)c1F. The number of rotatable bonds is 7. The summed E-state index contributed by atoms with van der Waals surface area (Å²) in [5, 5.41) is 2.26. The second-order valence-electron chi connectivity index (χ2n) is 7.67. The highest BCUT2D eigenvalue weighted by Gasteiger charge is 2.18. The van der Waals surface area contributed by atoms with Crippen LogP contribution in [0.25, 0.3) is 21.5 Å². The molecular formula is C24H26F2O2. The molecule has 1 fully saturated rings. The lowest BCUT2D eigenvalue weighted by Crippen LogP contribution is -2.09. The Kier molecular flexibility index (Phi) is 5.65. The average Bonchev–Trinajstić information content (AvgIpc) is 3.23. The Bertz CT molecular complexity index is 977. The van der Waals surface area contributed by atoms with Crippen LogP contribution in [0.4, 0.5) is 8.78 Å². The molecule has 0 radical (unpaired) electrons. The molecule has 0 unspecified atom stereocenters. The molecule has 1 aliphatic rings. The molecule has 1 aliphatic carbocycles. The molecule has 4 heteroatoms. The second kappa shape index (κ2) is 8.34. The van der Waals surface area contributed by atoms with Gasteiger partial charge in [0, 0.05) is 10.8 Å². The second-order valence-corrected chi connectivity index (χ2v) is 7.67. The van der Waals surface area contributed by atoms with Crippen LogP contribution in [-0.2, 0) is 0 Å². The lowest BCUT2D eigenvalue weighted by molar-refractivity contribution is 0.243. The van der Waals surface area contributed by atoms with Gasteiger partial charge in [-0.05, 0) is 60.2 Å². The third kappa shape index (κ3) is 3.65. The van der Waals surface area contributed by atoms with Crippen molar-refractivity contribution in [1.29, 1.82) is 0 Å². The van der Waals surface area contributed by atoms with Gasteiger partial charge in [0.25, 0.3) is 0 Å². The molecule has 4 rings (SSSR count). The smallest absolute Gasteiger partial charge is 0.172 e. The first-order valence-electron chi connectivity index (χ1n) is 10.3. The highest BCUT2D eigenvalue weighted by Crippen LogP contribution is 2.36. The van der Waals surface area contributed by atoms with Crippen molar-refractivity contribution in [3.8, 4) is 11.5 Å². The number of ether oxygens (including phenoxy) is 2. The molecule has 0 aliphatic heterocycles. The Morgan fingerprint density at radius 1 is 0.786 bits per heavy atom. The van der Waals surface area contributed by atoms with Crippen LogP contribution in [-0.4, -0.2) is 13.2 Å². The fraction of sp³-hybridized carbons (Fsp3) is 0.417. The molecule has 0 bridgehead atoms. The van der Waals surface area contributed by atoms with E-state index in [1.165, 1.54) is 12.8 Å². The first-order valence-corrected chi connectivity index (χ1v) is 10.3. The molecule has 0 aromatic heterocycles. The van der Waals surface area contributed by atoms with Crippen molar-refractivity contribution in [2.45, 2.75) is 45.4 Å². The maximum absolute atomic E-state index is 15.0. The van der Waals surface area contributed by atoms with Gasteiger partial charge < -0.3 is 9.47 Å². The lowest BCUT2D eigenvalue weighted by Gasteiger charge is -2.14. The maximum Gasteiger partial charge on any atom is 0.172 e. The number of unbranched alkanes of at least 4 members (excludes halogenated alkanes) is 1. The molecule has 3 aromatic rings. The quantitative estimate of drug-likeness (QED) is 0.322. The van der Waals surface area contributed by atoms with Gasteiger partial charge in [-0.15, -0.1) is 0 Å². The van der Waals surface area contributed by atoms with Gasteiger partial charge in [0.2, 0.25) is 0 Å². The van der Waals surface area contributed by atoms with E-state index in [9.17, 15) is 4.39 Å². The molecule has 0 amide bonds. The molecular weight excluding hydrogens is 358 g/mol. The summed E-state index contributed by atoms with van der Waals surface area (Å²) in [6, 6.07) is 10.2. The average molecular weight is 384 g/mol. The third-order valence-electron chi connectivity index (χ3n) is 5.70. The molecule has 0 N–H and O–H groups in total. The van der Waals surface area contributed by atoms with E-state index in [1.54, 1.807) is 30.3 Å². The number of benzene rings is 3. The summed E-state index contributed by atoms with van der Waals surface area (Å²) in [6.07, 6.45) is 6.64. The molecule has 2 nitrogen and oxygen atoms in total. The minimum absolute atomic E-state index is 0.247. The van der Waals surface area contributed by atoms with Crippen molar-refractivity contribution in [2.24, 2.45) is 5.92 Å². The highest BCUT2D eigenvalue weighted by molar-refractivity contribution is 6.08. The van der Waals surface area contributed by atoms with Crippen LogP contribution < -0.4 is 9.47 Å². The van der Waals surface area contributed by atoms with Crippen molar-refractivity contribution in [3.63, 3.8) is 0 Å². The van der Waals surface area contributed by atoms with Crippen LogP contribution in [0.15, 0.2) is 36.4 Å². The van der Waals surface area contributed by atoms with E-state index in [1.807, 2.05) is 6.07 Å². The Balaban J connectivity index is 1.65. The van der Waals surface area contributed by atoms with Crippen molar-refractivity contribution in [1.82, 2.24) is 0 Å². The summed E-state index contributed by atoms with van der Waals surface area (Å²) in [5.41, 5.74) is 0. The largest absolute Gasteiger partial charge is 0.490 e. The first kappa shape index (κ1) is 19.0. The van der Waals surface area contributed by atoms with Crippen molar-refractivity contribution in [3.05, 3.63) is 48.0 Å². The van der Waals surface area contributed by atoms with Crippen LogP contribution in [0.3, 0.4) is 0 Å². The summed E-state index contributed by atoms with van der Waals surface area (Å²) in [5.74, 6) is 0.279. The Morgan fingerprint density at radius 2 is 1.32 bits per heavy atom. The topological polar surface area (TPSA) is 18.5 Å². The fourth-order valence-corrected chi connectivity index (χ4v) is 4.04. The molecule has 3 aromatic carbocycles. The standard InChI is InChI=1S/C24H26F2O2/c1-2-3-14-27-21-12-10-17-18-11-13-22(28-15-16-6-4-5-7-16)24(26)20(18)9-8-19(17)23(21)25/h8-13,16H,2-7,14-15H2,1H3. The van der Waals surface area contributed by atoms with Gasteiger partial charge in [-0.3, -0.25) is 0 Å². The van der Waals surface area contributed by atoms with E-state index >= 15 is 4.39 Å². The Hall–Kier alpha value is -2.36. The van der Waals surface area contributed by atoms with Crippen LogP contribution >= 0.6 is 0 Å². The Labute approximate surface area is 164 Å². The summed E-state index contributed by atoms with van der Waals surface area (Å²) >= 11 is 0. The minimum Gasteiger partial charge on any atom is -0.490 e. The molecule has 0 atom stereocenters. The summed E-state index contributed by atoms with van der Waals surface area (Å²) < 4.78 is 41.2. The maximum atomic E-state index is 15.0. The van der Waals surface area contributed by atoms with Gasteiger partial charge in [0.05, 0.1) is 13.2 Å². The van der Waals surface area contributed by atoms with Gasteiger partial charge in [-0.1, -0.05) is 38.3 Å². The monoisotopic (exact) mass is 384 g/mol. The summed E-state index contributed by atoms with van der Waals surface area (Å²) in [6.45, 7) is 3.11. The van der Waals surface area contributed by atoms with Crippen molar-refractivity contribution >= 4 is 21.5 Å². The van der Waals surface area contributed by atoms with Crippen LogP contribution in [0.2, 0.25) is 0 Å². The molecule has 148 valence electrons. The fourth-order valence-electron chi connectivity index (χ4n) is 4.04. The Morgan fingerprint density at radius 3 is 1.89 bits per heavy atom. The molecule has 0 spiro atoms. The van der Waals surface area contributed by atoms with Gasteiger partial charge in [0.15, 0.2) is 23.1 Å². The lowest BCUT2D eigenvalue weighted by atomic mass is 10.0. The van der Waals surface area contributed by atoms with Crippen molar-refractivity contribution in [2.75, 3.05) is 13.2 Å². The van der Waals surface area contributed by atoms with E-state index < -0.39 is 5.82 Å². The zero-order valence-electron chi connectivity index (χ0n) is 16.3. The third-order valence-corrected chi connectivity index (χ3v) is 5.70. The van der Waals surface area contributed by atoms with Gasteiger partial charge in [0.1, 0.15) is 0 Å². The summed E-state index contributed by atoms with van der Waals surface area (Å²) in [4.78, 5) is 0. The van der Waals surface area contributed by atoms with E-state index in [0.717, 1.165) is 25.7 Å². The zero-order valence-corrected chi connectivity index (χ0v) is 16.3. The number of hydrogen-bond donors (Lipinski definition) is 0. The highest BCUT2D eigenvalue weighted by atomic mass is 19.1. The minimum atomic E-state index is -0.391. The predicted octanol–water partition coefficient (Wildman–Crippen LogP) is 7.02. The van der Waals surface area contributed by atoms with Crippen LogP contribution in [0.5, 0.6) is 11.5 Å². The number of fused-ring (bicyclic) bond motifs is 3. The summed E-state index contributed by atoms with van der Waals surface area (Å²) in [7, 11) is 0. The van der Waals surface area contributed by atoms with E-state index in [4.69, 9.17) is 9.47 Å². The first-order chi connectivity index (χ1) is 13.7. The molecule has 0 heterocycles. The zero-order chi connectivity index (χ0) is 19.5. The van der Waals surface area contributed by atoms with E-state index in [2.05, 4.69) is 6.92 Å². The molecule has 1 saturated carbocycles. The van der Waals surface area contributed by atoms with Gasteiger partial charge in [-0.25, -0.2) is 8.78 Å². The van der Waals surface area contributed by atoms with Crippen molar-refractivity contribution < 1.29 is 18.3 Å². The predicted molar refractivity (Wildman–Crippen MR) is 109 cm³/mol. The van der Waals surface area contributed by atoms with Crippen LogP contribution in [0.1, 0.15) is 45.4 Å². The number of hydrogen-bond acceptors (Lipinski definition) is 2. The number of halogens is 2. The normalized spacial score (nSPS) is 14.8. The van der Waals surface area contributed by atoms with E-state index in [0.29, 0.717) is 40.7 Å². The van der Waals surface area contributed by atoms with Gasteiger partial charge in [-0.2, -0.15) is 0 Å². The molecule has 28 heavy (non-hydrogen) atoms. The van der Waals surface area contributed by atoms with Gasteiger partial charge >= 0.3 is 0 Å².